The van der Waals surface area contributed by atoms with Crippen molar-refractivity contribution in [1.29, 1.82) is 0 Å². The Bertz CT molecular complexity index is 1490. The quantitative estimate of drug-likeness (QED) is 0.413. The maximum Gasteiger partial charge on any atom is 0.417 e. The van der Waals surface area contributed by atoms with E-state index >= 15 is 4.39 Å². The summed E-state index contributed by atoms with van der Waals surface area (Å²) in [5.41, 5.74) is 5.94. The molecule has 1 fully saturated rings. The summed E-state index contributed by atoms with van der Waals surface area (Å²) >= 11 is 0. The third-order valence-corrected chi connectivity index (χ3v) is 6.29. The fourth-order valence-electron chi connectivity index (χ4n) is 4.44. The van der Waals surface area contributed by atoms with Gasteiger partial charge in [-0.25, -0.2) is 14.4 Å². The second-order valence-electron chi connectivity index (χ2n) is 8.87. The SMILES string of the molecule is C[C@H]1CN(N(Cc2ccc(C(F)(F)F)cn2)C(=O)c2cc3c(cc2F)nc(N)c2cnn(C)c23)CCO1. The lowest BCUT2D eigenvalue weighted by molar-refractivity contribution is -0.137. The van der Waals surface area contributed by atoms with Crippen LogP contribution in [-0.4, -0.2) is 61.5 Å². The first-order valence-corrected chi connectivity index (χ1v) is 11.4. The van der Waals surface area contributed by atoms with Crippen LogP contribution in [0.3, 0.4) is 0 Å². The molecule has 1 atom stereocenters. The zero-order valence-corrected chi connectivity index (χ0v) is 20.0. The zero-order valence-electron chi connectivity index (χ0n) is 20.0. The molecule has 5 rings (SSSR count). The average Bonchev–Trinajstić information content (AvgIpc) is 3.24. The third-order valence-electron chi connectivity index (χ3n) is 6.29. The highest BCUT2D eigenvalue weighted by molar-refractivity contribution is 6.10. The number of halogens is 4. The van der Waals surface area contributed by atoms with Crippen LogP contribution in [0.2, 0.25) is 0 Å². The van der Waals surface area contributed by atoms with Crippen molar-refractivity contribution in [2.24, 2.45) is 7.05 Å². The van der Waals surface area contributed by atoms with E-state index in [2.05, 4.69) is 15.1 Å². The number of carbonyl (C=O) groups excluding carboxylic acids is 1. The summed E-state index contributed by atoms with van der Waals surface area (Å²) in [5, 5.41) is 8.23. The molecule has 3 aromatic heterocycles. The third kappa shape index (κ3) is 4.67. The molecule has 0 aliphatic carbocycles. The van der Waals surface area contributed by atoms with Gasteiger partial charge in [0.2, 0.25) is 0 Å². The highest BCUT2D eigenvalue weighted by Crippen LogP contribution is 2.31. The van der Waals surface area contributed by atoms with Crippen LogP contribution in [0.15, 0.2) is 36.7 Å². The van der Waals surface area contributed by atoms with E-state index in [4.69, 9.17) is 10.5 Å². The van der Waals surface area contributed by atoms with Gasteiger partial charge >= 0.3 is 6.18 Å². The second kappa shape index (κ2) is 9.23. The van der Waals surface area contributed by atoms with Crippen molar-refractivity contribution in [3.05, 3.63) is 59.3 Å². The minimum absolute atomic E-state index is 0.164. The van der Waals surface area contributed by atoms with Gasteiger partial charge < -0.3 is 10.5 Å². The maximum atomic E-state index is 15.3. The summed E-state index contributed by atoms with van der Waals surface area (Å²) in [6, 6.07) is 4.65. The Morgan fingerprint density at radius 3 is 2.70 bits per heavy atom. The lowest BCUT2D eigenvalue weighted by Gasteiger charge is -2.39. The molecule has 194 valence electrons. The van der Waals surface area contributed by atoms with E-state index < -0.39 is 23.5 Å². The number of ether oxygens (including phenoxy) is 1. The molecule has 1 aliphatic heterocycles. The number of nitrogens with zero attached hydrogens (tertiary/aromatic N) is 6. The number of hydrogen-bond acceptors (Lipinski definition) is 7. The Balaban J connectivity index is 1.57. The van der Waals surface area contributed by atoms with Crippen molar-refractivity contribution in [1.82, 2.24) is 29.8 Å². The van der Waals surface area contributed by atoms with Crippen LogP contribution in [0.4, 0.5) is 23.4 Å². The smallest absolute Gasteiger partial charge is 0.383 e. The number of fused-ring (bicyclic) bond motifs is 3. The van der Waals surface area contributed by atoms with Crippen molar-refractivity contribution in [2.75, 3.05) is 25.4 Å². The first kappa shape index (κ1) is 24.8. The Morgan fingerprint density at radius 2 is 2.03 bits per heavy atom. The molecule has 1 saturated heterocycles. The van der Waals surface area contributed by atoms with Gasteiger partial charge in [-0.1, -0.05) is 0 Å². The number of hydrazine groups is 1. The number of carbonyl (C=O) groups is 1. The number of benzene rings is 1. The molecule has 1 aliphatic rings. The van der Waals surface area contributed by atoms with Crippen molar-refractivity contribution in [2.45, 2.75) is 25.7 Å². The summed E-state index contributed by atoms with van der Waals surface area (Å²) in [6.07, 6.45) is -2.50. The number of anilines is 1. The van der Waals surface area contributed by atoms with E-state index in [0.29, 0.717) is 42.2 Å². The van der Waals surface area contributed by atoms with E-state index in [-0.39, 0.29) is 35.2 Å². The summed E-state index contributed by atoms with van der Waals surface area (Å²) in [4.78, 5) is 22.0. The van der Waals surface area contributed by atoms with Crippen LogP contribution >= 0.6 is 0 Å². The van der Waals surface area contributed by atoms with Gasteiger partial charge in [-0.05, 0) is 25.1 Å². The van der Waals surface area contributed by atoms with Crippen LogP contribution in [0.25, 0.3) is 21.8 Å². The largest absolute Gasteiger partial charge is 0.417 e. The minimum Gasteiger partial charge on any atom is -0.383 e. The van der Waals surface area contributed by atoms with E-state index in [1.54, 1.807) is 22.9 Å². The van der Waals surface area contributed by atoms with Crippen LogP contribution in [0.5, 0.6) is 0 Å². The first-order valence-electron chi connectivity index (χ1n) is 11.4. The molecular formula is C24H23F4N7O2. The van der Waals surface area contributed by atoms with Gasteiger partial charge in [0.25, 0.3) is 5.91 Å². The lowest BCUT2D eigenvalue weighted by Crippen LogP contribution is -2.53. The number of aromatic nitrogens is 4. The molecule has 0 radical (unpaired) electrons. The standard InChI is InChI=1S/C24H23F4N7O2/c1-13-11-34(5-6-37-13)35(12-15-4-3-14(9-30-15)24(26,27)28)23(36)16-7-17-20(8-19(16)25)32-22(29)18-10-31-33(2)21(17)18/h3-4,7-10,13H,5-6,11-12H2,1-2H3,(H2,29,32)/t13-/m0/s1. The van der Waals surface area contributed by atoms with Crippen LogP contribution in [0, 0.1) is 5.82 Å². The van der Waals surface area contributed by atoms with E-state index in [1.807, 2.05) is 6.92 Å². The maximum absolute atomic E-state index is 15.3. The van der Waals surface area contributed by atoms with E-state index in [0.717, 1.165) is 12.1 Å². The Morgan fingerprint density at radius 1 is 1.24 bits per heavy atom. The van der Waals surface area contributed by atoms with Gasteiger partial charge in [-0.3, -0.25) is 19.5 Å². The summed E-state index contributed by atoms with van der Waals surface area (Å²) < 4.78 is 61.4. The molecule has 1 aromatic carbocycles. The zero-order chi connectivity index (χ0) is 26.5. The number of morpholine rings is 1. The molecule has 2 N–H and O–H groups in total. The number of nitrogens with two attached hydrogens (primary N) is 1. The number of pyridine rings is 2. The van der Waals surface area contributed by atoms with Gasteiger partial charge in [-0.15, -0.1) is 0 Å². The lowest BCUT2D eigenvalue weighted by atomic mass is 10.1. The summed E-state index contributed by atoms with van der Waals surface area (Å²) in [7, 11) is 1.70. The monoisotopic (exact) mass is 517 g/mol. The number of hydrogen-bond donors (Lipinski definition) is 1. The topological polar surface area (TPSA) is 102 Å². The molecule has 9 nitrogen and oxygen atoms in total. The van der Waals surface area contributed by atoms with Crippen molar-refractivity contribution in [3.8, 4) is 0 Å². The average molecular weight is 517 g/mol. The fraction of sp³-hybridized carbons (Fsp3) is 0.333. The molecule has 13 heteroatoms. The van der Waals surface area contributed by atoms with Gasteiger partial charge in [0.15, 0.2) is 0 Å². The Hall–Kier alpha value is -3.84. The normalized spacial score (nSPS) is 17.0. The predicted octanol–water partition coefficient (Wildman–Crippen LogP) is 3.53. The van der Waals surface area contributed by atoms with Gasteiger partial charge in [0.05, 0.1) is 58.7 Å². The van der Waals surface area contributed by atoms with Gasteiger partial charge in [0, 0.05) is 37.8 Å². The molecule has 1 amide bonds. The first-order chi connectivity index (χ1) is 17.5. The molecule has 37 heavy (non-hydrogen) atoms. The van der Waals surface area contributed by atoms with E-state index in [1.165, 1.54) is 17.1 Å². The fourth-order valence-corrected chi connectivity index (χ4v) is 4.44. The Labute approximate surface area is 208 Å². The van der Waals surface area contributed by atoms with Crippen molar-refractivity contribution >= 4 is 33.5 Å². The minimum atomic E-state index is -4.54. The highest BCUT2D eigenvalue weighted by Gasteiger charge is 2.32. The summed E-state index contributed by atoms with van der Waals surface area (Å²) in [6.45, 7) is 2.64. The molecule has 4 heterocycles. The number of rotatable bonds is 4. The number of amides is 1. The molecular weight excluding hydrogens is 494 g/mol. The highest BCUT2D eigenvalue weighted by atomic mass is 19.4. The molecule has 0 bridgehead atoms. The number of alkyl halides is 3. The molecule has 4 aromatic rings. The Kier molecular flexibility index (Phi) is 6.20. The molecule has 0 unspecified atom stereocenters. The van der Waals surface area contributed by atoms with E-state index in [9.17, 15) is 18.0 Å². The van der Waals surface area contributed by atoms with Crippen molar-refractivity contribution in [3.63, 3.8) is 0 Å². The number of aryl methyl sites for hydroxylation is 1. The van der Waals surface area contributed by atoms with Gasteiger partial charge in [0.1, 0.15) is 11.6 Å². The van der Waals surface area contributed by atoms with Gasteiger partial charge in [-0.2, -0.15) is 18.3 Å². The molecule has 0 spiro atoms. The summed E-state index contributed by atoms with van der Waals surface area (Å²) in [5.74, 6) is -1.30. The number of nitrogen functional groups attached to an aromatic ring is 1. The van der Waals surface area contributed by atoms with Crippen LogP contribution in [-0.2, 0) is 24.5 Å². The molecule has 0 saturated carbocycles. The van der Waals surface area contributed by atoms with Crippen molar-refractivity contribution < 1.29 is 27.1 Å². The predicted molar refractivity (Wildman–Crippen MR) is 126 cm³/mol. The van der Waals surface area contributed by atoms with Crippen LogP contribution < -0.4 is 5.73 Å². The van der Waals surface area contributed by atoms with Crippen LogP contribution in [0.1, 0.15) is 28.5 Å². The second-order valence-corrected chi connectivity index (χ2v) is 8.87.